The van der Waals surface area contributed by atoms with Crippen LogP contribution in [0.25, 0.3) is 0 Å². The molecule has 2 rings (SSSR count). The topological polar surface area (TPSA) is 15.6 Å². The lowest BCUT2D eigenvalue weighted by Crippen LogP contribution is -2.12. The van der Waals surface area contributed by atoms with Crippen LogP contribution in [0.4, 0.5) is 5.69 Å². The van der Waals surface area contributed by atoms with Gasteiger partial charge in [0.25, 0.3) is 0 Å². The monoisotopic (exact) mass is 238 g/mol. The van der Waals surface area contributed by atoms with Gasteiger partial charge in [-0.25, -0.2) is 0 Å². The molecule has 0 saturated carbocycles. The molecule has 2 nitrogen and oxygen atoms in total. The van der Waals surface area contributed by atoms with E-state index in [0.717, 1.165) is 17.0 Å². The van der Waals surface area contributed by atoms with E-state index in [1.54, 1.807) is 0 Å². The van der Waals surface area contributed by atoms with Crippen molar-refractivity contribution < 1.29 is 0 Å². The first-order valence-corrected chi connectivity index (χ1v) is 6.08. The summed E-state index contributed by atoms with van der Waals surface area (Å²) in [5.41, 5.74) is 4.52. The number of anilines is 1. The molecule has 2 aromatic rings. The van der Waals surface area contributed by atoms with Gasteiger partial charge < -0.3 is 0 Å². The summed E-state index contributed by atoms with van der Waals surface area (Å²) in [6, 6.07) is 18.6. The van der Waals surface area contributed by atoms with Crippen LogP contribution in [0.1, 0.15) is 18.1 Å². The fraction of sp³-hybridized carbons (Fsp3) is 0.188. The summed E-state index contributed by atoms with van der Waals surface area (Å²) < 4.78 is 0. The van der Waals surface area contributed by atoms with E-state index in [1.165, 1.54) is 5.56 Å². The second kappa shape index (κ2) is 5.50. The van der Waals surface area contributed by atoms with Crippen LogP contribution < -0.4 is 5.01 Å². The van der Waals surface area contributed by atoms with Crippen LogP contribution in [0.2, 0.25) is 0 Å². The van der Waals surface area contributed by atoms with E-state index >= 15 is 0 Å². The summed E-state index contributed by atoms with van der Waals surface area (Å²) in [5, 5.41) is 6.50. The molecular weight excluding hydrogens is 220 g/mol. The lowest BCUT2D eigenvalue weighted by Gasteiger charge is -2.14. The molecule has 0 aromatic heterocycles. The summed E-state index contributed by atoms with van der Waals surface area (Å²) in [4.78, 5) is 0. The average Bonchev–Trinajstić information content (AvgIpc) is 2.40. The number of hydrogen-bond donors (Lipinski definition) is 0. The van der Waals surface area contributed by atoms with Gasteiger partial charge in [0.1, 0.15) is 0 Å². The Morgan fingerprint density at radius 2 is 1.56 bits per heavy atom. The maximum Gasteiger partial charge on any atom is 0.0650 e. The zero-order valence-electron chi connectivity index (χ0n) is 11.1. The summed E-state index contributed by atoms with van der Waals surface area (Å²) in [7, 11) is 1.97. The van der Waals surface area contributed by atoms with E-state index in [9.17, 15) is 0 Å². The minimum Gasteiger partial charge on any atom is -0.268 e. The van der Waals surface area contributed by atoms with Crippen LogP contribution in [0, 0.1) is 6.92 Å². The van der Waals surface area contributed by atoms with Crippen molar-refractivity contribution in [3.8, 4) is 0 Å². The van der Waals surface area contributed by atoms with Crippen LogP contribution >= 0.6 is 0 Å². The second-order valence-electron chi connectivity index (χ2n) is 4.41. The van der Waals surface area contributed by atoms with E-state index in [-0.39, 0.29) is 0 Å². The van der Waals surface area contributed by atoms with Crippen molar-refractivity contribution >= 4 is 11.4 Å². The predicted octanol–water partition coefficient (Wildman–Crippen LogP) is 3.86. The summed E-state index contributed by atoms with van der Waals surface area (Å²) in [6.07, 6.45) is 0. The first-order valence-electron chi connectivity index (χ1n) is 6.08. The van der Waals surface area contributed by atoms with Crippen molar-refractivity contribution in [3.05, 3.63) is 65.7 Å². The summed E-state index contributed by atoms with van der Waals surface area (Å²) >= 11 is 0. The number of hydrogen-bond acceptors (Lipinski definition) is 2. The molecule has 0 aliphatic heterocycles. The maximum absolute atomic E-state index is 4.60. The van der Waals surface area contributed by atoms with Gasteiger partial charge in [0.15, 0.2) is 0 Å². The molecule has 0 atom stereocenters. The van der Waals surface area contributed by atoms with Crippen molar-refractivity contribution in [1.82, 2.24) is 0 Å². The number of benzene rings is 2. The Labute approximate surface area is 109 Å². The van der Waals surface area contributed by atoms with Gasteiger partial charge in [-0.2, -0.15) is 5.10 Å². The molecule has 0 aliphatic rings. The Hall–Kier alpha value is -2.09. The molecule has 2 aromatic carbocycles. The average molecular weight is 238 g/mol. The molecule has 0 fully saturated rings. The molecule has 0 amide bonds. The van der Waals surface area contributed by atoms with Gasteiger partial charge in [0.05, 0.1) is 11.4 Å². The number of rotatable bonds is 3. The molecular formula is C16H18N2. The third kappa shape index (κ3) is 2.98. The van der Waals surface area contributed by atoms with Gasteiger partial charge in [-0.3, -0.25) is 5.01 Å². The quantitative estimate of drug-likeness (QED) is 0.585. The molecule has 0 N–H and O–H groups in total. The van der Waals surface area contributed by atoms with Crippen LogP contribution in [0.3, 0.4) is 0 Å². The fourth-order valence-electron chi connectivity index (χ4n) is 1.78. The number of hydrazone groups is 1. The Morgan fingerprint density at radius 3 is 2.17 bits per heavy atom. The van der Waals surface area contributed by atoms with Gasteiger partial charge in [-0.15, -0.1) is 0 Å². The van der Waals surface area contributed by atoms with Gasteiger partial charge in [0, 0.05) is 7.05 Å². The first-order chi connectivity index (χ1) is 8.66. The van der Waals surface area contributed by atoms with Crippen LogP contribution in [-0.2, 0) is 0 Å². The Kier molecular flexibility index (Phi) is 3.78. The predicted molar refractivity (Wildman–Crippen MR) is 78.2 cm³/mol. The highest BCUT2D eigenvalue weighted by molar-refractivity contribution is 5.99. The highest BCUT2D eigenvalue weighted by Gasteiger charge is 2.00. The lowest BCUT2D eigenvalue weighted by molar-refractivity contribution is 1.01. The fourth-order valence-corrected chi connectivity index (χ4v) is 1.78. The standard InChI is InChI=1S/C16H18N2/c1-13-9-11-15(12-10-13)14(2)17-18(3)16-7-5-4-6-8-16/h4-12H,1-3H3/b17-14+. The highest BCUT2D eigenvalue weighted by atomic mass is 15.4. The Balaban J connectivity index is 2.20. The third-order valence-corrected chi connectivity index (χ3v) is 2.90. The SMILES string of the molecule is C/C(=N\N(C)c1ccccc1)c1ccc(C)cc1. The summed E-state index contributed by atoms with van der Waals surface area (Å²) in [6.45, 7) is 4.12. The molecule has 92 valence electrons. The maximum atomic E-state index is 4.60. The normalized spacial score (nSPS) is 11.4. The number of aryl methyl sites for hydroxylation is 1. The van der Waals surface area contributed by atoms with Gasteiger partial charge in [0.2, 0.25) is 0 Å². The van der Waals surface area contributed by atoms with Crippen LogP contribution in [0.15, 0.2) is 59.7 Å². The third-order valence-electron chi connectivity index (χ3n) is 2.90. The van der Waals surface area contributed by atoms with E-state index in [1.807, 2.05) is 49.3 Å². The Bertz CT molecular complexity index is 527. The Morgan fingerprint density at radius 1 is 0.944 bits per heavy atom. The van der Waals surface area contributed by atoms with Gasteiger partial charge in [-0.05, 0) is 31.5 Å². The minimum atomic E-state index is 1.02. The zero-order chi connectivity index (χ0) is 13.0. The minimum absolute atomic E-state index is 1.02. The molecule has 0 unspecified atom stereocenters. The molecule has 0 aliphatic carbocycles. The largest absolute Gasteiger partial charge is 0.268 e. The molecule has 0 heterocycles. The van der Waals surface area contributed by atoms with Crippen molar-refractivity contribution in [2.45, 2.75) is 13.8 Å². The van der Waals surface area contributed by atoms with Crippen LogP contribution in [-0.4, -0.2) is 12.8 Å². The zero-order valence-corrected chi connectivity index (χ0v) is 11.1. The first kappa shape index (κ1) is 12.4. The van der Waals surface area contributed by atoms with Crippen molar-refractivity contribution in [2.75, 3.05) is 12.1 Å². The molecule has 0 bridgehead atoms. The highest BCUT2D eigenvalue weighted by Crippen LogP contribution is 2.13. The van der Waals surface area contributed by atoms with Gasteiger partial charge >= 0.3 is 0 Å². The second-order valence-corrected chi connectivity index (χ2v) is 4.41. The van der Waals surface area contributed by atoms with E-state index in [0.29, 0.717) is 0 Å². The smallest absolute Gasteiger partial charge is 0.0650 e. The van der Waals surface area contributed by atoms with E-state index in [4.69, 9.17) is 0 Å². The molecule has 18 heavy (non-hydrogen) atoms. The molecule has 2 heteroatoms. The van der Waals surface area contributed by atoms with E-state index < -0.39 is 0 Å². The van der Waals surface area contributed by atoms with Gasteiger partial charge in [-0.1, -0.05) is 48.0 Å². The number of para-hydroxylation sites is 1. The molecule has 0 spiro atoms. The van der Waals surface area contributed by atoms with Crippen LogP contribution in [0.5, 0.6) is 0 Å². The summed E-state index contributed by atoms with van der Waals surface area (Å²) in [5.74, 6) is 0. The lowest BCUT2D eigenvalue weighted by atomic mass is 10.1. The van der Waals surface area contributed by atoms with Crippen molar-refractivity contribution in [3.63, 3.8) is 0 Å². The molecule has 0 saturated heterocycles. The van der Waals surface area contributed by atoms with Crippen molar-refractivity contribution in [1.29, 1.82) is 0 Å². The van der Waals surface area contributed by atoms with Crippen molar-refractivity contribution in [2.24, 2.45) is 5.10 Å². The van der Waals surface area contributed by atoms with E-state index in [2.05, 4.69) is 36.3 Å². The number of nitrogens with zero attached hydrogens (tertiary/aromatic N) is 2. The molecule has 0 radical (unpaired) electrons.